The fourth-order valence-electron chi connectivity index (χ4n) is 3.28. The number of nitrogens with zero attached hydrogens (tertiary/aromatic N) is 2. The Labute approximate surface area is 170 Å². The Morgan fingerprint density at radius 2 is 1.75 bits per heavy atom. The number of aliphatic hydroxyl groups is 1. The van der Waals surface area contributed by atoms with Crippen molar-refractivity contribution in [3.05, 3.63) is 70.1 Å². The van der Waals surface area contributed by atoms with E-state index in [0.717, 1.165) is 29.6 Å². The average Bonchev–Trinajstić information content (AvgIpc) is 2.68. The van der Waals surface area contributed by atoms with E-state index < -0.39 is 6.10 Å². The fourth-order valence-corrected chi connectivity index (χ4v) is 3.28. The highest BCUT2D eigenvalue weighted by molar-refractivity contribution is 5.83. The summed E-state index contributed by atoms with van der Waals surface area (Å²) in [4.78, 5) is 12.6. The quantitative estimate of drug-likeness (QED) is 0.418. The van der Waals surface area contributed by atoms with E-state index in [9.17, 15) is 15.0 Å². The molecule has 1 aromatic heterocycles. The lowest BCUT2D eigenvalue weighted by molar-refractivity contribution is -0.694. The molecule has 3 rings (SSSR count). The molecule has 0 bridgehead atoms. The van der Waals surface area contributed by atoms with Crippen LogP contribution in [0.15, 0.2) is 53.3 Å². The highest BCUT2D eigenvalue weighted by Gasteiger charge is 2.19. The van der Waals surface area contributed by atoms with Crippen LogP contribution >= 0.6 is 0 Å². The number of aryl methyl sites for hydroxylation is 2. The summed E-state index contributed by atoms with van der Waals surface area (Å²) in [6.07, 6.45) is 0.159. The Morgan fingerprint density at radius 3 is 2.43 bits per heavy atom. The molecule has 2 atom stereocenters. The van der Waals surface area contributed by atoms with Crippen molar-refractivity contribution in [2.24, 2.45) is 0 Å². The van der Waals surface area contributed by atoms with Crippen LogP contribution in [0.4, 0.5) is 0 Å². The first-order chi connectivity index (χ1) is 13.0. The molecule has 6 nitrogen and oxygen atoms in total. The maximum Gasteiger partial charge on any atom is 0.274 e. The van der Waals surface area contributed by atoms with Gasteiger partial charge in [0.15, 0.2) is 0 Å². The first kappa shape index (κ1) is 21.9. The van der Waals surface area contributed by atoms with Crippen molar-refractivity contribution in [3.63, 3.8) is 0 Å². The summed E-state index contributed by atoms with van der Waals surface area (Å²) < 4.78 is 1.53. The number of halogens is 1. The maximum atomic E-state index is 12.6. The first-order valence-electron chi connectivity index (χ1n) is 9.24. The van der Waals surface area contributed by atoms with Crippen molar-refractivity contribution >= 4 is 10.8 Å². The molecule has 4 N–H and O–H groups in total. The van der Waals surface area contributed by atoms with Gasteiger partial charge in [-0.1, -0.05) is 30.3 Å². The van der Waals surface area contributed by atoms with Crippen LogP contribution < -0.4 is 23.3 Å². The number of quaternary nitrogens is 1. The molecule has 28 heavy (non-hydrogen) atoms. The second-order valence-corrected chi connectivity index (χ2v) is 6.93. The topological polar surface area (TPSA) is 92.0 Å². The minimum atomic E-state index is -0.616. The number of phenolic OH excluding ortho intramolecular Hbond substituents is 1. The van der Waals surface area contributed by atoms with Crippen LogP contribution in [0.25, 0.3) is 10.8 Å². The Bertz CT molecular complexity index is 973. The molecule has 0 aliphatic carbocycles. The van der Waals surface area contributed by atoms with Gasteiger partial charge in [-0.15, -0.1) is 0 Å². The predicted octanol–water partition coefficient (Wildman–Crippen LogP) is -1.51. The smallest absolute Gasteiger partial charge is 0.274 e. The number of hydrogen-bond acceptors (Lipinski definition) is 4. The molecular formula is C21H26ClN3O3. The lowest BCUT2D eigenvalue weighted by Crippen LogP contribution is -3.00. The normalized spacial score (nSPS) is 13.1. The average molecular weight is 404 g/mol. The maximum absolute atomic E-state index is 12.6. The Hall–Kier alpha value is -2.41. The molecule has 0 aliphatic heterocycles. The predicted molar refractivity (Wildman–Crippen MR) is 105 cm³/mol. The van der Waals surface area contributed by atoms with Crippen LogP contribution in [-0.2, 0) is 6.54 Å². The van der Waals surface area contributed by atoms with Gasteiger partial charge < -0.3 is 27.9 Å². The summed E-state index contributed by atoms with van der Waals surface area (Å²) in [6, 6.07) is 14.1. The molecule has 0 saturated carbocycles. The summed E-state index contributed by atoms with van der Waals surface area (Å²) >= 11 is 0. The van der Waals surface area contributed by atoms with Crippen LogP contribution in [0, 0.1) is 6.92 Å². The number of phenols is 1. The van der Waals surface area contributed by atoms with Crippen molar-refractivity contribution in [3.8, 4) is 5.75 Å². The molecule has 0 radical (unpaired) electrons. The molecule has 0 fully saturated rings. The summed E-state index contributed by atoms with van der Waals surface area (Å²) in [5.74, 6) is 0.186. The molecule has 7 heteroatoms. The highest BCUT2D eigenvalue weighted by atomic mass is 35.5. The van der Waals surface area contributed by atoms with Gasteiger partial charge in [0.1, 0.15) is 17.9 Å². The van der Waals surface area contributed by atoms with Gasteiger partial charge in [0, 0.05) is 11.8 Å². The van der Waals surface area contributed by atoms with E-state index in [2.05, 4.69) is 10.4 Å². The number of fused-ring (bicyclic) bond motifs is 1. The molecule has 2 aromatic carbocycles. The fraction of sp³-hybridized carbons (Fsp3) is 0.333. The third-order valence-corrected chi connectivity index (χ3v) is 4.90. The number of aliphatic hydroxyl groups excluding tert-OH is 1. The van der Waals surface area contributed by atoms with Gasteiger partial charge in [0.25, 0.3) is 5.56 Å². The summed E-state index contributed by atoms with van der Waals surface area (Å²) in [7, 11) is 0. The Kier molecular flexibility index (Phi) is 7.57. The second-order valence-electron chi connectivity index (χ2n) is 6.93. The summed E-state index contributed by atoms with van der Waals surface area (Å²) in [6.45, 7) is 5.20. The van der Waals surface area contributed by atoms with E-state index in [-0.39, 0.29) is 29.8 Å². The van der Waals surface area contributed by atoms with E-state index in [0.29, 0.717) is 11.9 Å². The Balaban J connectivity index is 0.00000280. The zero-order valence-electron chi connectivity index (χ0n) is 16.0. The van der Waals surface area contributed by atoms with Gasteiger partial charge >= 0.3 is 0 Å². The third kappa shape index (κ3) is 4.90. The lowest BCUT2D eigenvalue weighted by Gasteiger charge is -2.18. The zero-order valence-corrected chi connectivity index (χ0v) is 16.8. The monoisotopic (exact) mass is 403 g/mol. The van der Waals surface area contributed by atoms with Gasteiger partial charge in [-0.2, -0.15) is 5.10 Å². The number of benzene rings is 2. The minimum Gasteiger partial charge on any atom is -1.00 e. The minimum absolute atomic E-state index is 0. The van der Waals surface area contributed by atoms with E-state index in [1.807, 2.05) is 38.1 Å². The molecule has 0 amide bonds. The van der Waals surface area contributed by atoms with Crippen molar-refractivity contribution in [2.45, 2.75) is 39.0 Å². The van der Waals surface area contributed by atoms with Crippen molar-refractivity contribution in [1.82, 2.24) is 9.78 Å². The van der Waals surface area contributed by atoms with Crippen LogP contribution in [-0.4, -0.2) is 32.6 Å². The number of aromatic nitrogens is 2. The van der Waals surface area contributed by atoms with Gasteiger partial charge in [-0.25, -0.2) is 4.68 Å². The van der Waals surface area contributed by atoms with Crippen molar-refractivity contribution in [1.29, 1.82) is 0 Å². The summed E-state index contributed by atoms with van der Waals surface area (Å²) in [5.41, 5.74) is 1.57. The van der Waals surface area contributed by atoms with E-state index in [1.165, 1.54) is 4.68 Å². The van der Waals surface area contributed by atoms with E-state index in [4.69, 9.17) is 0 Å². The van der Waals surface area contributed by atoms with Gasteiger partial charge in [-0.3, -0.25) is 4.79 Å². The number of aromatic hydroxyl groups is 1. The summed E-state index contributed by atoms with van der Waals surface area (Å²) in [5, 5.41) is 27.8. The van der Waals surface area contributed by atoms with E-state index >= 15 is 0 Å². The molecule has 0 spiro atoms. The molecule has 150 valence electrons. The van der Waals surface area contributed by atoms with Gasteiger partial charge in [0.05, 0.1) is 24.2 Å². The molecular weight excluding hydrogens is 378 g/mol. The highest BCUT2D eigenvalue weighted by Crippen LogP contribution is 2.18. The van der Waals surface area contributed by atoms with Gasteiger partial charge in [-0.05, 0) is 37.6 Å². The molecule has 2 unspecified atom stereocenters. The molecule has 1 heterocycles. The number of hydrogen-bond donors (Lipinski definition) is 3. The largest absolute Gasteiger partial charge is 1.00 e. The van der Waals surface area contributed by atoms with Crippen LogP contribution in [0.3, 0.4) is 0 Å². The van der Waals surface area contributed by atoms with E-state index in [1.54, 1.807) is 24.3 Å². The van der Waals surface area contributed by atoms with Crippen LogP contribution in [0.1, 0.15) is 30.7 Å². The molecule has 0 aliphatic rings. The zero-order chi connectivity index (χ0) is 19.4. The molecule has 0 saturated heterocycles. The van der Waals surface area contributed by atoms with Crippen LogP contribution in [0.2, 0.25) is 0 Å². The second kappa shape index (κ2) is 9.68. The number of rotatable bonds is 7. The standard InChI is InChI=1S/C21H25N3O3.ClH/c1-14-18-6-3-4-7-19(18)21(27)24(23-14)13-5-12-22-15(2)20(26)16-8-10-17(25)11-9-16;/h3-4,6-11,15,20,22,25-26H,5,12-13H2,1-2H3;1H. The van der Waals surface area contributed by atoms with Crippen molar-refractivity contribution in [2.75, 3.05) is 6.54 Å². The Morgan fingerprint density at radius 1 is 1.11 bits per heavy atom. The van der Waals surface area contributed by atoms with Gasteiger partial charge in [0.2, 0.25) is 0 Å². The SMILES string of the molecule is Cc1nn(CCC[NH2+]C(C)C(O)c2ccc(O)cc2)c(=O)c2ccccc12.[Cl-]. The first-order valence-corrected chi connectivity index (χ1v) is 9.24. The number of nitrogens with two attached hydrogens (primary N) is 1. The van der Waals surface area contributed by atoms with Crippen LogP contribution in [0.5, 0.6) is 5.75 Å². The molecule has 3 aromatic rings. The lowest BCUT2D eigenvalue weighted by atomic mass is 10.0. The third-order valence-electron chi connectivity index (χ3n) is 4.90. The van der Waals surface area contributed by atoms with Crippen molar-refractivity contribution < 1.29 is 27.9 Å².